The molecule has 0 spiro atoms. The predicted octanol–water partition coefficient (Wildman–Crippen LogP) is 1.87. The molecule has 1 aliphatic rings. The number of esters is 1. The number of carbonyl (C=O) groups excluding carboxylic acids is 1. The van der Waals surface area contributed by atoms with Gasteiger partial charge in [-0.25, -0.2) is 9.59 Å². The molecule has 1 aromatic heterocycles. The average Bonchev–Trinajstić information content (AvgIpc) is 3.14. The summed E-state index contributed by atoms with van der Waals surface area (Å²) in [4.78, 5) is 38.9. The number of H-pyrrole nitrogens is 1. The molecule has 13 heteroatoms. The molecular weight excluding hydrogens is 471 g/mol. The summed E-state index contributed by atoms with van der Waals surface area (Å²) >= 11 is 0. The molecular formula is C21H27N2O10P. The third-order valence-corrected chi connectivity index (χ3v) is 6.48. The zero-order chi connectivity index (χ0) is 27.2. The molecule has 2 aromatic rings. The minimum atomic E-state index is -3.77. The third kappa shape index (κ3) is 6.09. The lowest BCUT2D eigenvalue weighted by molar-refractivity contribution is -0.170. The number of benzene rings is 1. The van der Waals surface area contributed by atoms with Crippen LogP contribution >= 0.6 is 7.60 Å². The molecule has 4 atom stereocenters. The molecule has 1 saturated heterocycles. The highest BCUT2D eigenvalue weighted by molar-refractivity contribution is 7.53. The third-order valence-electron chi connectivity index (χ3n) is 4.71. The molecule has 1 fully saturated rings. The minimum Gasteiger partial charge on any atom is -0.450 e. The number of aromatic amines is 1. The van der Waals surface area contributed by atoms with Gasteiger partial charge in [0.1, 0.15) is 6.10 Å². The van der Waals surface area contributed by atoms with Crippen molar-refractivity contribution in [2.24, 2.45) is 0 Å². The maximum Gasteiger partial charge on any atom is 0.356 e. The second-order valence-electron chi connectivity index (χ2n) is 6.97. The van der Waals surface area contributed by atoms with Crippen molar-refractivity contribution in [3.05, 3.63) is 69.0 Å². The van der Waals surface area contributed by atoms with Crippen molar-refractivity contribution in [3.63, 3.8) is 0 Å². The van der Waals surface area contributed by atoms with Crippen LogP contribution in [0.4, 0.5) is 0 Å². The van der Waals surface area contributed by atoms with Crippen molar-refractivity contribution >= 4 is 13.6 Å². The topological polar surface area (TPSA) is 144 Å². The monoisotopic (exact) mass is 501 g/mol. The van der Waals surface area contributed by atoms with Gasteiger partial charge in [-0.15, -0.1) is 0 Å². The molecule has 186 valence electrons. The van der Waals surface area contributed by atoms with Crippen molar-refractivity contribution in [2.75, 3.05) is 26.6 Å². The van der Waals surface area contributed by atoms with Crippen molar-refractivity contribution in [1.29, 1.82) is 0 Å². The van der Waals surface area contributed by atoms with E-state index in [0.29, 0.717) is 0 Å². The largest absolute Gasteiger partial charge is 0.450 e. The highest BCUT2D eigenvalue weighted by Gasteiger charge is 2.50. The first kappa shape index (κ1) is 21.9. The molecule has 34 heavy (non-hydrogen) atoms. The van der Waals surface area contributed by atoms with Gasteiger partial charge in [-0.3, -0.25) is 18.9 Å². The van der Waals surface area contributed by atoms with E-state index in [1.165, 1.54) is 12.1 Å². The number of rotatable bonds is 11. The normalized spacial score (nSPS) is 24.2. The lowest BCUT2D eigenvalue weighted by atomic mass is 10.2. The van der Waals surface area contributed by atoms with Crippen LogP contribution in [-0.4, -0.2) is 60.6 Å². The smallest absolute Gasteiger partial charge is 0.356 e. The fraction of sp³-hybridized carbons (Fsp3) is 0.476. The van der Waals surface area contributed by atoms with E-state index in [-0.39, 0.29) is 18.8 Å². The van der Waals surface area contributed by atoms with Crippen LogP contribution in [0.5, 0.6) is 0 Å². The SMILES string of the molecule is [2H]C([2H])([2H])O[C@@H]1[C@H](OC(=O)c2ccccc2)C(OCP(=O)(OCC)OCC)O[C@H]1n1ccc(=O)[nH]c1=O. The van der Waals surface area contributed by atoms with Gasteiger partial charge >= 0.3 is 19.3 Å². The van der Waals surface area contributed by atoms with Gasteiger partial charge in [0.15, 0.2) is 18.7 Å². The van der Waals surface area contributed by atoms with Crippen LogP contribution in [0.15, 0.2) is 52.2 Å². The van der Waals surface area contributed by atoms with Crippen molar-refractivity contribution < 1.29 is 41.5 Å². The number of methoxy groups -OCH3 is 1. The van der Waals surface area contributed by atoms with E-state index in [1.807, 2.05) is 4.98 Å². The van der Waals surface area contributed by atoms with Gasteiger partial charge in [-0.05, 0) is 26.0 Å². The summed E-state index contributed by atoms with van der Waals surface area (Å²) in [5, 5.41) is 0. The summed E-state index contributed by atoms with van der Waals surface area (Å²) in [7, 11) is -6.79. The Labute approximate surface area is 199 Å². The van der Waals surface area contributed by atoms with Crippen LogP contribution in [0.25, 0.3) is 0 Å². The lowest BCUT2D eigenvalue weighted by Gasteiger charge is -2.24. The molecule has 0 bridgehead atoms. The Balaban J connectivity index is 2.00. The number of hydrogen-bond acceptors (Lipinski definition) is 10. The maximum atomic E-state index is 12.9. The van der Waals surface area contributed by atoms with Crippen molar-refractivity contribution in [2.45, 2.75) is 38.6 Å². The van der Waals surface area contributed by atoms with E-state index >= 15 is 0 Å². The number of hydrogen-bond donors (Lipinski definition) is 1. The Kier molecular flexibility index (Phi) is 7.53. The zero-order valence-electron chi connectivity index (χ0n) is 21.4. The minimum absolute atomic E-state index is 0.0404. The summed E-state index contributed by atoms with van der Waals surface area (Å²) in [5.41, 5.74) is -1.52. The molecule has 2 heterocycles. The van der Waals surface area contributed by atoms with E-state index in [0.717, 1.165) is 16.8 Å². The van der Waals surface area contributed by atoms with Crippen LogP contribution < -0.4 is 11.2 Å². The second-order valence-corrected chi connectivity index (χ2v) is 8.97. The number of carbonyl (C=O) groups is 1. The summed E-state index contributed by atoms with van der Waals surface area (Å²) < 4.78 is 69.1. The number of ether oxygens (including phenoxy) is 4. The molecule has 1 aliphatic heterocycles. The van der Waals surface area contributed by atoms with E-state index in [9.17, 15) is 18.9 Å². The Bertz CT molecular complexity index is 1210. The summed E-state index contributed by atoms with van der Waals surface area (Å²) in [6, 6.07) is 8.81. The standard InChI is InChI=1S/C21H27N2O10P/c1-4-30-34(27,31-5-2)13-29-20-17(32-19(25)14-9-7-6-8-10-14)16(28-3)18(33-20)23-12-11-15(24)22-21(23)26/h6-12,16-18,20H,4-5,13H2,1-3H3,(H,22,24,26)/t16-,17+,18-,20?/m1/s1/i3D3. The lowest BCUT2D eigenvalue weighted by Crippen LogP contribution is -2.41. The number of aromatic nitrogens is 2. The molecule has 0 radical (unpaired) electrons. The van der Waals surface area contributed by atoms with Gasteiger partial charge in [0.05, 0.1) is 22.9 Å². The van der Waals surface area contributed by atoms with Gasteiger partial charge in [-0.1, -0.05) is 18.2 Å². The Morgan fingerprint density at radius 2 is 1.85 bits per heavy atom. The molecule has 12 nitrogen and oxygen atoms in total. The zero-order valence-corrected chi connectivity index (χ0v) is 19.3. The fourth-order valence-corrected chi connectivity index (χ4v) is 4.62. The van der Waals surface area contributed by atoms with Gasteiger partial charge in [0.2, 0.25) is 6.29 Å². The van der Waals surface area contributed by atoms with Crippen LogP contribution in [0.1, 0.15) is 34.5 Å². The van der Waals surface area contributed by atoms with Gasteiger partial charge < -0.3 is 28.0 Å². The molecule has 0 amide bonds. The maximum absolute atomic E-state index is 12.9. The Morgan fingerprint density at radius 3 is 2.47 bits per heavy atom. The first-order valence-electron chi connectivity index (χ1n) is 11.9. The molecule has 1 N–H and O–H groups in total. The predicted molar refractivity (Wildman–Crippen MR) is 118 cm³/mol. The molecule has 3 rings (SSSR count). The first-order chi connectivity index (χ1) is 17.5. The number of nitrogens with one attached hydrogen (secondary N) is 1. The van der Waals surface area contributed by atoms with Gasteiger partial charge in [0.25, 0.3) is 5.56 Å². The van der Waals surface area contributed by atoms with E-state index in [1.54, 1.807) is 32.0 Å². The average molecular weight is 501 g/mol. The fourth-order valence-electron chi connectivity index (χ4n) is 3.28. The highest BCUT2D eigenvalue weighted by Crippen LogP contribution is 2.49. The quantitative estimate of drug-likeness (QED) is 0.358. The van der Waals surface area contributed by atoms with Crippen LogP contribution in [0, 0.1) is 0 Å². The van der Waals surface area contributed by atoms with E-state index in [2.05, 4.69) is 0 Å². The summed E-state index contributed by atoms with van der Waals surface area (Å²) in [6.45, 7) is 3.28. The molecule has 0 saturated carbocycles. The second kappa shape index (κ2) is 11.7. The molecule has 0 aliphatic carbocycles. The van der Waals surface area contributed by atoms with Crippen molar-refractivity contribution in [1.82, 2.24) is 9.55 Å². The Hall–Kier alpha value is -2.60. The summed E-state index contributed by atoms with van der Waals surface area (Å²) in [6.07, 6.45) is -5.86. The van der Waals surface area contributed by atoms with Gasteiger partial charge in [0, 0.05) is 19.3 Å². The molecule has 1 aromatic carbocycles. The summed E-state index contributed by atoms with van der Waals surface area (Å²) in [5.74, 6) is -0.866. The van der Waals surface area contributed by atoms with E-state index < -0.39 is 62.9 Å². The van der Waals surface area contributed by atoms with E-state index in [4.69, 9.17) is 32.1 Å². The van der Waals surface area contributed by atoms with Crippen LogP contribution in [0.3, 0.4) is 0 Å². The Morgan fingerprint density at radius 1 is 1.15 bits per heavy atom. The van der Waals surface area contributed by atoms with Crippen LogP contribution in [0.2, 0.25) is 0 Å². The van der Waals surface area contributed by atoms with Crippen LogP contribution in [-0.2, 0) is 32.6 Å². The van der Waals surface area contributed by atoms with Gasteiger partial charge in [-0.2, -0.15) is 0 Å². The van der Waals surface area contributed by atoms with Crippen molar-refractivity contribution in [3.8, 4) is 0 Å². The molecule has 1 unspecified atom stereocenters. The first-order valence-corrected chi connectivity index (χ1v) is 12.1. The highest BCUT2D eigenvalue weighted by atomic mass is 31.2. The number of nitrogens with zero attached hydrogens (tertiary/aromatic N) is 1.